The van der Waals surface area contributed by atoms with Crippen LogP contribution in [0.15, 0.2) is 77.7 Å². The van der Waals surface area contributed by atoms with E-state index >= 15 is 0 Å². The van der Waals surface area contributed by atoms with Gasteiger partial charge in [-0.15, -0.1) is 0 Å². The van der Waals surface area contributed by atoms with Crippen LogP contribution in [-0.4, -0.2) is 20.6 Å². The largest absolute Gasteiger partial charge is 0.497 e. The Morgan fingerprint density at radius 1 is 0.929 bits per heavy atom. The van der Waals surface area contributed by atoms with Crippen LogP contribution in [-0.2, 0) is 23.2 Å². The molecule has 0 saturated carbocycles. The number of aliphatic hydroxyl groups excluding tert-OH is 1. The van der Waals surface area contributed by atoms with Crippen molar-refractivity contribution >= 4 is 15.7 Å². The van der Waals surface area contributed by atoms with Crippen LogP contribution in [0.25, 0.3) is 0 Å². The van der Waals surface area contributed by atoms with E-state index in [9.17, 15) is 13.5 Å². The summed E-state index contributed by atoms with van der Waals surface area (Å²) in [6.45, 7) is 1.95. The lowest BCUT2D eigenvalue weighted by atomic mass is 10.1. The van der Waals surface area contributed by atoms with Gasteiger partial charge in [0, 0.05) is 0 Å². The molecule has 0 aliphatic rings. The summed E-state index contributed by atoms with van der Waals surface area (Å²) in [5.41, 5.74) is 2.98. The maximum atomic E-state index is 13.5. The zero-order valence-electron chi connectivity index (χ0n) is 15.9. The van der Waals surface area contributed by atoms with Gasteiger partial charge in [0.1, 0.15) is 5.75 Å². The molecule has 0 aromatic heterocycles. The molecule has 0 unspecified atom stereocenters. The molecule has 1 N–H and O–H groups in total. The van der Waals surface area contributed by atoms with Crippen LogP contribution in [0.5, 0.6) is 5.75 Å². The summed E-state index contributed by atoms with van der Waals surface area (Å²) in [5, 5.41) is 9.37. The van der Waals surface area contributed by atoms with Gasteiger partial charge in [-0.3, -0.25) is 4.31 Å². The summed E-state index contributed by atoms with van der Waals surface area (Å²) in [6.07, 6.45) is 0. The standard InChI is InChI=1S/C22H23NO4S/c1-17-14-19(16-24)8-13-22(17)23(15-18-6-4-3-5-7-18)28(25,26)21-11-9-20(27-2)10-12-21/h3-14,24H,15-16H2,1-2H3. The lowest BCUT2D eigenvalue weighted by Crippen LogP contribution is -2.31. The molecule has 3 aromatic rings. The summed E-state index contributed by atoms with van der Waals surface area (Å²) in [6, 6.07) is 21.1. The number of methoxy groups -OCH3 is 1. The molecule has 0 atom stereocenters. The normalized spacial score (nSPS) is 11.2. The van der Waals surface area contributed by atoms with Gasteiger partial charge in [-0.1, -0.05) is 42.5 Å². The highest BCUT2D eigenvalue weighted by atomic mass is 32.2. The Morgan fingerprint density at radius 3 is 2.18 bits per heavy atom. The summed E-state index contributed by atoms with van der Waals surface area (Å²) < 4.78 is 33.5. The van der Waals surface area contributed by atoms with Crippen LogP contribution in [0.1, 0.15) is 16.7 Å². The molecule has 146 valence electrons. The first-order chi connectivity index (χ1) is 13.5. The van der Waals surface area contributed by atoms with E-state index in [4.69, 9.17) is 4.74 Å². The molecule has 0 bridgehead atoms. The van der Waals surface area contributed by atoms with E-state index in [-0.39, 0.29) is 18.0 Å². The molecule has 0 fully saturated rings. The number of rotatable bonds is 7. The van der Waals surface area contributed by atoms with Gasteiger partial charge in [-0.25, -0.2) is 8.42 Å². The average molecular weight is 397 g/mol. The number of benzene rings is 3. The molecule has 0 saturated heterocycles. The Labute approximate surface area is 165 Å². The van der Waals surface area contributed by atoms with Crippen molar-refractivity contribution in [2.45, 2.75) is 25.0 Å². The Hall–Kier alpha value is -2.83. The van der Waals surface area contributed by atoms with Gasteiger partial charge in [0.2, 0.25) is 0 Å². The number of aliphatic hydroxyl groups is 1. The molecule has 0 radical (unpaired) electrons. The van der Waals surface area contributed by atoms with Gasteiger partial charge >= 0.3 is 0 Å². The molecule has 3 rings (SSSR count). The molecule has 0 amide bonds. The first-order valence-electron chi connectivity index (χ1n) is 8.87. The van der Waals surface area contributed by atoms with Crippen molar-refractivity contribution in [3.8, 4) is 5.75 Å². The molecule has 0 aliphatic carbocycles. The molecule has 3 aromatic carbocycles. The second-order valence-corrected chi connectivity index (χ2v) is 8.31. The molecule has 5 nitrogen and oxygen atoms in total. The van der Waals surface area contributed by atoms with Crippen molar-refractivity contribution < 1.29 is 18.3 Å². The fraction of sp³-hybridized carbons (Fsp3) is 0.182. The van der Waals surface area contributed by atoms with E-state index in [1.165, 1.54) is 11.4 Å². The quantitative estimate of drug-likeness (QED) is 0.657. The number of ether oxygens (including phenoxy) is 1. The minimum atomic E-state index is -3.80. The predicted molar refractivity (Wildman–Crippen MR) is 110 cm³/mol. The van der Waals surface area contributed by atoms with Crippen molar-refractivity contribution in [2.75, 3.05) is 11.4 Å². The lowest BCUT2D eigenvalue weighted by Gasteiger charge is -2.26. The monoisotopic (exact) mass is 397 g/mol. The molecule has 6 heteroatoms. The number of hydrogen-bond acceptors (Lipinski definition) is 4. The highest BCUT2D eigenvalue weighted by Gasteiger charge is 2.26. The van der Waals surface area contributed by atoms with Gasteiger partial charge in [0.05, 0.1) is 30.8 Å². The fourth-order valence-corrected chi connectivity index (χ4v) is 4.54. The SMILES string of the molecule is COc1ccc(S(=O)(=O)N(Cc2ccccc2)c2ccc(CO)cc2C)cc1. The van der Waals surface area contributed by atoms with E-state index in [2.05, 4.69) is 0 Å². The summed E-state index contributed by atoms with van der Waals surface area (Å²) in [4.78, 5) is 0.190. The van der Waals surface area contributed by atoms with Crippen molar-refractivity contribution in [3.05, 3.63) is 89.5 Å². The molecule has 28 heavy (non-hydrogen) atoms. The second kappa shape index (κ2) is 8.46. The number of aryl methyl sites for hydroxylation is 1. The van der Waals surface area contributed by atoms with Crippen LogP contribution >= 0.6 is 0 Å². The number of anilines is 1. The third kappa shape index (κ3) is 4.18. The number of sulfonamides is 1. The van der Waals surface area contributed by atoms with Crippen molar-refractivity contribution in [3.63, 3.8) is 0 Å². The number of nitrogens with zero attached hydrogens (tertiary/aromatic N) is 1. The molecular formula is C22H23NO4S. The minimum Gasteiger partial charge on any atom is -0.497 e. The van der Waals surface area contributed by atoms with Crippen LogP contribution in [0, 0.1) is 6.92 Å². The Morgan fingerprint density at radius 2 is 1.61 bits per heavy atom. The second-order valence-electron chi connectivity index (χ2n) is 6.45. The lowest BCUT2D eigenvalue weighted by molar-refractivity contribution is 0.282. The fourth-order valence-electron chi connectivity index (χ4n) is 3.02. The van der Waals surface area contributed by atoms with E-state index in [1.807, 2.05) is 37.3 Å². The summed E-state index contributed by atoms with van der Waals surface area (Å²) in [7, 11) is -2.27. The highest BCUT2D eigenvalue weighted by Crippen LogP contribution is 2.30. The van der Waals surface area contributed by atoms with Gasteiger partial charge in [-0.05, 0) is 53.9 Å². The topological polar surface area (TPSA) is 66.8 Å². The van der Waals surface area contributed by atoms with Crippen molar-refractivity contribution in [1.29, 1.82) is 0 Å². The Kier molecular flexibility index (Phi) is 6.02. The maximum Gasteiger partial charge on any atom is 0.264 e. The molecule has 0 heterocycles. The Bertz CT molecular complexity index is 1030. The maximum absolute atomic E-state index is 13.5. The van der Waals surface area contributed by atoms with Crippen LogP contribution in [0.3, 0.4) is 0 Å². The van der Waals surface area contributed by atoms with E-state index in [1.54, 1.807) is 42.5 Å². The van der Waals surface area contributed by atoms with Crippen molar-refractivity contribution in [1.82, 2.24) is 0 Å². The third-order valence-corrected chi connectivity index (χ3v) is 6.30. The van der Waals surface area contributed by atoms with Crippen LogP contribution in [0.4, 0.5) is 5.69 Å². The molecule has 0 aliphatic heterocycles. The zero-order valence-corrected chi connectivity index (χ0v) is 16.7. The minimum absolute atomic E-state index is 0.0922. The summed E-state index contributed by atoms with van der Waals surface area (Å²) >= 11 is 0. The van der Waals surface area contributed by atoms with E-state index in [0.717, 1.165) is 16.7 Å². The summed E-state index contributed by atoms with van der Waals surface area (Å²) in [5.74, 6) is 0.594. The van der Waals surface area contributed by atoms with Gasteiger partial charge in [-0.2, -0.15) is 0 Å². The van der Waals surface area contributed by atoms with Gasteiger partial charge < -0.3 is 9.84 Å². The molecule has 0 spiro atoms. The average Bonchev–Trinajstić information content (AvgIpc) is 2.73. The van der Waals surface area contributed by atoms with Crippen LogP contribution < -0.4 is 9.04 Å². The first-order valence-corrected chi connectivity index (χ1v) is 10.3. The van der Waals surface area contributed by atoms with Gasteiger partial charge in [0.25, 0.3) is 10.0 Å². The van der Waals surface area contributed by atoms with Crippen LogP contribution in [0.2, 0.25) is 0 Å². The number of hydrogen-bond donors (Lipinski definition) is 1. The van der Waals surface area contributed by atoms with E-state index < -0.39 is 10.0 Å². The van der Waals surface area contributed by atoms with Gasteiger partial charge in [0.15, 0.2) is 0 Å². The van der Waals surface area contributed by atoms with Crippen molar-refractivity contribution in [2.24, 2.45) is 0 Å². The zero-order chi connectivity index (χ0) is 20.1. The third-order valence-electron chi connectivity index (χ3n) is 4.53. The smallest absolute Gasteiger partial charge is 0.264 e. The molecular weight excluding hydrogens is 374 g/mol. The Balaban J connectivity index is 2.09. The van der Waals surface area contributed by atoms with E-state index in [0.29, 0.717) is 11.4 Å². The highest BCUT2D eigenvalue weighted by molar-refractivity contribution is 7.92. The predicted octanol–water partition coefficient (Wildman–Crippen LogP) is 3.89. The first kappa shape index (κ1) is 19.9.